The van der Waals surface area contributed by atoms with Crippen LogP contribution in [0.25, 0.3) is 0 Å². The molecule has 2 heteroatoms. The summed E-state index contributed by atoms with van der Waals surface area (Å²) in [7, 11) is 0. The van der Waals surface area contributed by atoms with E-state index in [1.165, 1.54) is 0 Å². The fourth-order valence-corrected chi connectivity index (χ4v) is 3.52. The van der Waals surface area contributed by atoms with Gasteiger partial charge >= 0.3 is 0 Å². The van der Waals surface area contributed by atoms with E-state index < -0.39 is 0 Å². The van der Waals surface area contributed by atoms with Gasteiger partial charge in [0.05, 0.1) is 12.2 Å². The number of aliphatic hydroxyl groups is 2. The summed E-state index contributed by atoms with van der Waals surface area (Å²) in [5, 5.41) is 19.5. The second kappa shape index (κ2) is 2.12. The van der Waals surface area contributed by atoms with Gasteiger partial charge in [-0.15, -0.1) is 0 Å². The predicted molar refractivity (Wildman–Crippen MR) is 44.3 cm³/mol. The number of aliphatic hydroxyl groups excluding tert-OH is 2. The molecule has 0 aromatic carbocycles. The third kappa shape index (κ3) is 0.639. The van der Waals surface area contributed by atoms with Crippen LogP contribution in [-0.4, -0.2) is 22.4 Å². The van der Waals surface area contributed by atoms with Gasteiger partial charge in [0, 0.05) is 11.8 Å². The van der Waals surface area contributed by atoms with Gasteiger partial charge < -0.3 is 10.2 Å². The van der Waals surface area contributed by atoms with Crippen molar-refractivity contribution in [2.24, 2.45) is 23.7 Å². The fraction of sp³-hybridized carbons (Fsp3) is 0.800. The van der Waals surface area contributed by atoms with Crippen LogP contribution in [0.2, 0.25) is 0 Å². The molecule has 0 aliphatic heterocycles. The highest BCUT2D eigenvalue weighted by atomic mass is 16.3. The summed E-state index contributed by atoms with van der Waals surface area (Å²) in [6, 6.07) is 0. The van der Waals surface area contributed by atoms with Gasteiger partial charge in [0.1, 0.15) is 0 Å². The van der Waals surface area contributed by atoms with Crippen molar-refractivity contribution in [3.05, 3.63) is 12.2 Å². The molecule has 6 atom stereocenters. The molecule has 0 saturated heterocycles. The summed E-state index contributed by atoms with van der Waals surface area (Å²) in [6.45, 7) is 0. The van der Waals surface area contributed by atoms with Gasteiger partial charge in [0.15, 0.2) is 0 Å². The molecule has 0 spiro atoms. The minimum absolute atomic E-state index is 0.149. The van der Waals surface area contributed by atoms with E-state index in [1.54, 1.807) is 0 Å². The standard InChI is InChI=1S/C10H14O2/c11-8-4-3-5-6-1-2-7(9(5)8)10(6)12/h1-2,5-12H,3-4H2/t5-,6+,7-,8-,9-,10-/m0/s1. The van der Waals surface area contributed by atoms with Gasteiger partial charge in [-0.05, 0) is 24.7 Å². The molecule has 3 rings (SSSR count). The van der Waals surface area contributed by atoms with Crippen molar-refractivity contribution in [1.29, 1.82) is 0 Å². The van der Waals surface area contributed by atoms with E-state index in [1.807, 2.05) is 0 Å². The van der Waals surface area contributed by atoms with Crippen LogP contribution in [-0.2, 0) is 0 Å². The summed E-state index contributed by atoms with van der Waals surface area (Å²) >= 11 is 0. The molecule has 3 aliphatic rings. The molecule has 0 amide bonds. The number of hydrogen-bond donors (Lipinski definition) is 2. The summed E-state index contributed by atoms with van der Waals surface area (Å²) in [5.41, 5.74) is 0. The minimum atomic E-state index is -0.185. The molecule has 2 bridgehead atoms. The summed E-state index contributed by atoms with van der Waals surface area (Å²) in [5.74, 6) is 1.56. The van der Waals surface area contributed by atoms with Crippen LogP contribution in [0.5, 0.6) is 0 Å². The first-order chi connectivity index (χ1) is 5.79. The summed E-state index contributed by atoms with van der Waals surface area (Å²) in [6.07, 6.45) is 5.96. The van der Waals surface area contributed by atoms with Crippen LogP contribution in [0.4, 0.5) is 0 Å². The van der Waals surface area contributed by atoms with E-state index in [9.17, 15) is 10.2 Å². The maximum absolute atomic E-state index is 9.78. The van der Waals surface area contributed by atoms with Crippen LogP contribution in [0.3, 0.4) is 0 Å². The Morgan fingerprint density at radius 2 is 1.75 bits per heavy atom. The highest BCUT2D eigenvalue weighted by molar-refractivity contribution is 5.20. The maximum Gasteiger partial charge on any atom is 0.0671 e. The summed E-state index contributed by atoms with van der Waals surface area (Å²) < 4.78 is 0. The van der Waals surface area contributed by atoms with Crippen molar-refractivity contribution in [2.75, 3.05) is 0 Å². The van der Waals surface area contributed by atoms with Crippen molar-refractivity contribution in [2.45, 2.75) is 25.0 Å². The molecule has 12 heavy (non-hydrogen) atoms. The zero-order chi connectivity index (χ0) is 8.29. The Morgan fingerprint density at radius 1 is 1.00 bits per heavy atom. The van der Waals surface area contributed by atoms with Gasteiger partial charge in [-0.1, -0.05) is 12.2 Å². The Morgan fingerprint density at radius 3 is 2.50 bits per heavy atom. The van der Waals surface area contributed by atoms with Crippen molar-refractivity contribution in [1.82, 2.24) is 0 Å². The third-order valence-corrected chi connectivity index (χ3v) is 4.02. The lowest BCUT2D eigenvalue weighted by Crippen LogP contribution is -2.24. The molecular weight excluding hydrogens is 152 g/mol. The molecule has 2 fully saturated rings. The highest BCUT2D eigenvalue weighted by Crippen LogP contribution is 2.55. The van der Waals surface area contributed by atoms with Gasteiger partial charge in [-0.3, -0.25) is 0 Å². The molecule has 0 radical (unpaired) electrons. The quantitative estimate of drug-likeness (QED) is 0.516. The average Bonchev–Trinajstić information content (AvgIpc) is 2.66. The van der Waals surface area contributed by atoms with E-state index in [2.05, 4.69) is 12.2 Å². The van der Waals surface area contributed by atoms with Crippen molar-refractivity contribution < 1.29 is 10.2 Å². The molecule has 66 valence electrons. The van der Waals surface area contributed by atoms with Crippen molar-refractivity contribution in [3.8, 4) is 0 Å². The molecule has 0 heterocycles. The lowest BCUT2D eigenvalue weighted by Gasteiger charge is -2.21. The van der Waals surface area contributed by atoms with E-state index in [0.29, 0.717) is 17.8 Å². The van der Waals surface area contributed by atoms with Gasteiger partial charge in [0.25, 0.3) is 0 Å². The highest BCUT2D eigenvalue weighted by Gasteiger charge is 2.55. The number of rotatable bonds is 0. The Balaban J connectivity index is 1.98. The molecule has 2 saturated carbocycles. The molecule has 2 nitrogen and oxygen atoms in total. The number of fused-ring (bicyclic) bond motifs is 5. The van der Waals surface area contributed by atoms with Crippen molar-refractivity contribution >= 4 is 0 Å². The first kappa shape index (κ1) is 7.10. The third-order valence-electron chi connectivity index (χ3n) is 4.02. The minimum Gasteiger partial charge on any atom is -0.393 e. The zero-order valence-corrected chi connectivity index (χ0v) is 6.93. The van der Waals surface area contributed by atoms with E-state index in [4.69, 9.17) is 0 Å². The zero-order valence-electron chi connectivity index (χ0n) is 6.93. The maximum atomic E-state index is 9.78. The van der Waals surface area contributed by atoms with Gasteiger partial charge in [-0.2, -0.15) is 0 Å². The van der Waals surface area contributed by atoms with Crippen LogP contribution in [0.15, 0.2) is 12.2 Å². The van der Waals surface area contributed by atoms with Crippen LogP contribution < -0.4 is 0 Å². The topological polar surface area (TPSA) is 40.5 Å². The lowest BCUT2D eigenvalue weighted by atomic mass is 9.85. The normalized spacial score (nSPS) is 61.2. The molecule has 0 aromatic rings. The van der Waals surface area contributed by atoms with Crippen LogP contribution in [0.1, 0.15) is 12.8 Å². The second-order valence-electron chi connectivity index (χ2n) is 4.42. The molecular formula is C10H14O2. The largest absolute Gasteiger partial charge is 0.393 e. The Bertz CT molecular complexity index is 236. The smallest absolute Gasteiger partial charge is 0.0671 e. The monoisotopic (exact) mass is 166 g/mol. The van der Waals surface area contributed by atoms with Gasteiger partial charge in [-0.25, -0.2) is 0 Å². The fourth-order valence-electron chi connectivity index (χ4n) is 3.52. The van der Waals surface area contributed by atoms with Gasteiger partial charge in [0.2, 0.25) is 0 Å². The first-order valence-electron chi connectivity index (χ1n) is 4.83. The molecule has 2 N–H and O–H groups in total. The number of hydrogen-bond acceptors (Lipinski definition) is 2. The van der Waals surface area contributed by atoms with Crippen LogP contribution in [0, 0.1) is 23.7 Å². The van der Waals surface area contributed by atoms with E-state index in [-0.39, 0.29) is 18.1 Å². The SMILES string of the molecule is O[C@@H]1[C@H]2C=C[C@@H]1[C@@H]1CC[C@H](O)[C@H]21. The first-order valence-corrected chi connectivity index (χ1v) is 4.83. The second-order valence-corrected chi connectivity index (χ2v) is 4.42. The summed E-state index contributed by atoms with van der Waals surface area (Å²) in [4.78, 5) is 0. The lowest BCUT2D eigenvalue weighted by molar-refractivity contribution is 0.0783. The average molecular weight is 166 g/mol. The Hall–Kier alpha value is -0.340. The van der Waals surface area contributed by atoms with E-state index >= 15 is 0 Å². The Labute approximate surface area is 71.9 Å². The molecule has 3 aliphatic carbocycles. The van der Waals surface area contributed by atoms with E-state index in [0.717, 1.165) is 12.8 Å². The van der Waals surface area contributed by atoms with Crippen molar-refractivity contribution in [3.63, 3.8) is 0 Å². The van der Waals surface area contributed by atoms with Crippen LogP contribution >= 0.6 is 0 Å². The Kier molecular flexibility index (Phi) is 1.25. The molecule has 0 unspecified atom stereocenters. The molecule has 0 aromatic heterocycles. The predicted octanol–water partition coefficient (Wildman–Crippen LogP) is 0.550.